The molecular formula is C14H20O5S. The highest BCUT2D eigenvalue weighted by Crippen LogP contribution is 2.16. The molecule has 1 aromatic rings. The molecule has 6 heteroatoms. The van der Waals surface area contributed by atoms with Crippen molar-refractivity contribution in [2.24, 2.45) is 5.92 Å². The van der Waals surface area contributed by atoms with E-state index in [0.29, 0.717) is 12.0 Å². The number of benzene rings is 1. The molecule has 1 atom stereocenters. The van der Waals surface area contributed by atoms with Gasteiger partial charge < -0.3 is 10.2 Å². The minimum Gasteiger partial charge on any atom is -0.394 e. The van der Waals surface area contributed by atoms with Gasteiger partial charge in [-0.3, -0.25) is 4.79 Å². The van der Waals surface area contributed by atoms with Crippen molar-refractivity contribution in [3.63, 3.8) is 0 Å². The predicted octanol–water partition coefficient (Wildman–Crippen LogP) is 1.04. The van der Waals surface area contributed by atoms with Crippen LogP contribution < -0.4 is 0 Å². The summed E-state index contributed by atoms with van der Waals surface area (Å²) in [4.78, 5) is 11.9. The Morgan fingerprint density at radius 1 is 1.20 bits per heavy atom. The number of carbonyl (C=O) groups is 1. The molecule has 0 aliphatic rings. The molecule has 0 fully saturated rings. The van der Waals surface area contributed by atoms with Crippen molar-refractivity contribution in [2.75, 3.05) is 12.4 Å². The maximum atomic E-state index is 11.9. The quantitative estimate of drug-likeness (QED) is 0.734. The fourth-order valence-corrected chi connectivity index (χ4v) is 3.09. The second kappa shape index (κ2) is 6.97. The maximum absolute atomic E-state index is 11.9. The Kier molecular flexibility index (Phi) is 5.86. The van der Waals surface area contributed by atoms with E-state index in [2.05, 4.69) is 0 Å². The van der Waals surface area contributed by atoms with Crippen LogP contribution in [0.1, 0.15) is 30.6 Å². The minimum atomic E-state index is -3.66. The van der Waals surface area contributed by atoms with E-state index < -0.39 is 28.3 Å². The summed E-state index contributed by atoms with van der Waals surface area (Å²) in [7, 11) is -3.66. The van der Waals surface area contributed by atoms with Crippen LogP contribution in [0, 0.1) is 5.92 Å². The van der Waals surface area contributed by atoms with Crippen molar-refractivity contribution in [3.05, 3.63) is 29.8 Å². The van der Waals surface area contributed by atoms with E-state index in [9.17, 15) is 18.3 Å². The van der Waals surface area contributed by atoms with Crippen molar-refractivity contribution in [2.45, 2.75) is 31.3 Å². The third-order valence-electron chi connectivity index (χ3n) is 2.75. The Bertz CT molecular complexity index is 545. The molecular weight excluding hydrogens is 280 g/mol. The number of sulfone groups is 1. The summed E-state index contributed by atoms with van der Waals surface area (Å²) in [5.74, 6) is -0.326. The van der Waals surface area contributed by atoms with Gasteiger partial charge in [-0.15, -0.1) is 0 Å². The summed E-state index contributed by atoms with van der Waals surface area (Å²) in [5, 5.41) is 17.9. The molecule has 0 heterocycles. The van der Waals surface area contributed by atoms with Crippen LogP contribution in [-0.2, 0) is 9.84 Å². The monoisotopic (exact) mass is 300 g/mol. The van der Waals surface area contributed by atoms with Gasteiger partial charge in [0.25, 0.3) is 0 Å². The van der Waals surface area contributed by atoms with Gasteiger partial charge in [-0.25, -0.2) is 8.42 Å². The van der Waals surface area contributed by atoms with Crippen molar-refractivity contribution in [3.8, 4) is 0 Å². The van der Waals surface area contributed by atoms with E-state index in [4.69, 9.17) is 5.11 Å². The number of aliphatic hydroxyl groups is 2. The Labute approximate surface area is 119 Å². The Morgan fingerprint density at radius 3 is 2.20 bits per heavy atom. The molecule has 0 saturated heterocycles. The Hall–Kier alpha value is -1.24. The first-order valence-corrected chi connectivity index (χ1v) is 8.06. The predicted molar refractivity (Wildman–Crippen MR) is 75.4 cm³/mol. The molecule has 0 spiro atoms. The molecule has 1 unspecified atom stereocenters. The van der Waals surface area contributed by atoms with Crippen LogP contribution in [0.25, 0.3) is 0 Å². The molecule has 20 heavy (non-hydrogen) atoms. The zero-order valence-corrected chi connectivity index (χ0v) is 12.4. The maximum Gasteiger partial charge on any atom is 0.181 e. The lowest BCUT2D eigenvalue weighted by atomic mass is 10.0. The number of ketones is 1. The van der Waals surface area contributed by atoms with Crippen LogP contribution in [0.3, 0.4) is 0 Å². The summed E-state index contributed by atoms with van der Waals surface area (Å²) in [5.41, 5.74) is 0.473. The highest BCUT2D eigenvalue weighted by molar-refractivity contribution is 7.91. The Balaban J connectivity index is 2.88. The SMILES string of the molecule is CC(C)CC(=O)c1ccc(S(=O)(=O)CC(O)CO)cc1. The van der Waals surface area contributed by atoms with Crippen LogP contribution in [-0.4, -0.2) is 42.9 Å². The van der Waals surface area contributed by atoms with Crippen LogP contribution in [0.4, 0.5) is 0 Å². The lowest BCUT2D eigenvalue weighted by molar-refractivity contribution is 0.0967. The first-order valence-electron chi connectivity index (χ1n) is 6.41. The fraction of sp³-hybridized carbons (Fsp3) is 0.500. The molecule has 0 saturated carbocycles. The highest BCUT2D eigenvalue weighted by atomic mass is 32.2. The normalized spacial score (nSPS) is 13.4. The van der Waals surface area contributed by atoms with Crippen molar-refractivity contribution < 1.29 is 23.4 Å². The van der Waals surface area contributed by atoms with E-state index in [1.807, 2.05) is 13.8 Å². The smallest absolute Gasteiger partial charge is 0.181 e. The van der Waals surface area contributed by atoms with Gasteiger partial charge >= 0.3 is 0 Å². The van der Waals surface area contributed by atoms with Crippen molar-refractivity contribution >= 4 is 15.6 Å². The fourth-order valence-electron chi connectivity index (χ4n) is 1.74. The minimum absolute atomic E-state index is 0.0284. The average molecular weight is 300 g/mol. The largest absolute Gasteiger partial charge is 0.394 e. The second-order valence-electron chi connectivity index (χ2n) is 5.16. The lowest BCUT2D eigenvalue weighted by Gasteiger charge is -2.09. The molecule has 0 aliphatic carbocycles. The van der Waals surface area contributed by atoms with Gasteiger partial charge in [0, 0.05) is 12.0 Å². The zero-order chi connectivity index (χ0) is 15.3. The van der Waals surface area contributed by atoms with Crippen LogP contribution in [0.5, 0.6) is 0 Å². The number of carbonyl (C=O) groups excluding carboxylic acids is 1. The molecule has 112 valence electrons. The summed E-state index contributed by atoms with van der Waals surface area (Å²) in [6, 6.07) is 5.66. The summed E-state index contributed by atoms with van der Waals surface area (Å²) in [6.45, 7) is 3.27. The van der Waals surface area contributed by atoms with Gasteiger partial charge in [0.1, 0.15) is 0 Å². The Morgan fingerprint density at radius 2 is 1.75 bits per heavy atom. The molecule has 0 aliphatic heterocycles. The van der Waals surface area contributed by atoms with Crippen molar-refractivity contribution in [1.29, 1.82) is 0 Å². The third kappa shape index (κ3) is 4.70. The van der Waals surface area contributed by atoms with Gasteiger partial charge in [0.2, 0.25) is 0 Å². The van der Waals surface area contributed by atoms with Crippen LogP contribution in [0.2, 0.25) is 0 Å². The standard InChI is InChI=1S/C14H20O5S/c1-10(2)7-14(17)11-3-5-13(6-4-11)20(18,19)9-12(16)8-15/h3-6,10,12,15-16H,7-9H2,1-2H3. The van der Waals surface area contributed by atoms with Gasteiger partial charge in [0.15, 0.2) is 15.6 Å². The van der Waals surface area contributed by atoms with Gasteiger partial charge in [-0.1, -0.05) is 26.0 Å². The van der Waals surface area contributed by atoms with Crippen LogP contribution in [0.15, 0.2) is 29.2 Å². The third-order valence-corrected chi connectivity index (χ3v) is 4.57. The number of Topliss-reactive ketones (excluding diaryl/α,β-unsaturated/α-hetero) is 1. The zero-order valence-electron chi connectivity index (χ0n) is 11.6. The van der Waals surface area contributed by atoms with Gasteiger partial charge in [0.05, 0.1) is 23.4 Å². The molecule has 0 radical (unpaired) electrons. The topological polar surface area (TPSA) is 91.7 Å². The molecule has 5 nitrogen and oxygen atoms in total. The molecule has 0 amide bonds. The van der Waals surface area contributed by atoms with E-state index in [0.717, 1.165) is 0 Å². The van der Waals surface area contributed by atoms with E-state index in [-0.39, 0.29) is 16.6 Å². The van der Waals surface area contributed by atoms with E-state index in [1.165, 1.54) is 24.3 Å². The number of aliphatic hydroxyl groups excluding tert-OH is 2. The second-order valence-corrected chi connectivity index (χ2v) is 7.20. The first kappa shape index (κ1) is 16.8. The molecule has 2 N–H and O–H groups in total. The van der Waals surface area contributed by atoms with Gasteiger partial charge in [-0.05, 0) is 18.1 Å². The van der Waals surface area contributed by atoms with Gasteiger partial charge in [-0.2, -0.15) is 0 Å². The molecule has 1 rings (SSSR count). The van der Waals surface area contributed by atoms with Crippen molar-refractivity contribution in [1.82, 2.24) is 0 Å². The number of rotatable bonds is 7. The molecule has 1 aromatic carbocycles. The number of hydrogen-bond donors (Lipinski definition) is 2. The summed E-state index contributed by atoms with van der Waals surface area (Å²) < 4.78 is 23.8. The number of hydrogen-bond acceptors (Lipinski definition) is 5. The molecule has 0 aromatic heterocycles. The summed E-state index contributed by atoms with van der Waals surface area (Å²) >= 11 is 0. The van der Waals surface area contributed by atoms with E-state index in [1.54, 1.807) is 0 Å². The highest BCUT2D eigenvalue weighted by Gasteiger charge is 2.19. The first-order chi connectivity index (χ1) is 9.26. The average Bonchev–Trinajstić information content (AvgIpc) is 2.37. The lowest BCUT2D eigenvalue weighted by Crippen LogP contribution is -2.24. The molecule has 0 bridgehead atoms. The van der Waals surface area contributed by atoms with E-state index >= 15 is 0 Å². The summed E-state index contributed by atoms with van der Waals surface area (Å²) in [6.07, 6.45) is -0.891. The van der Waals surface area contributed by atoms with Crippen LogP contribution >= 0.6 is 0 Å².